The highest BCUT2D eigenvalue weighted by Gasteiger charge is 2.42. The molecule has 2 fully saturated rings. The third kappa shape index (κ3) is 3.81. The molecule has 3 heteroatoms. The summed E-state index contributed by atoms with van der Waals surface area (Å²) in [6.07, 6.45) is 8.96. The first kappa shape index (κ1) is 17.4. The minimum Gasteiger partial charge on any atom is -0.378 e. The molecular formula is C20H32F2O. The van der Waals surface area contributed by atoms with Gasteiger partial charge in [0, 0.05) is 13.0 Å². The van der Waals surface area contributed by atoms with E-state index in [1.54, 1.807) is 0 Å². The summed E-state index contributed by atoms with van der Waals surface area (Å²) >= 11 is 0. The summed E-state index contributed by atoms with van der Waals surface area (Å²) < 4.78 is 33.7. The van der Waals surface area contributed by atoms with Gasteiger partial charge in [0.25, 0.3) is 0 Å². The highest BCUT2D eigenvalue weighted by Crippen LogP contribution is 2.43. The van der Waals surface area contributed by atoms with E-state index in [-0.39, 0.29) is 5.92 Å². The van der Waals surface area contributed by atoms with E-state index < -0.39 is 18.4 Å². The monoisotopic (exact) mass is 326 g/mol. The molecule has 0 radical (unpaired) electrons. The van der Waals surface area contributed by atoms with E-state index in [0.717, 1.165) is 37.0 Å². The van der Waals surface area contributed by atoms with Crippen molar-refractivity contribution in [2.75, 3.05) is 7.11 Å². The van der Waals surface area contributed by atoms with Gasteiger partial charge in [0.05, 0.1) is 6.10 Å². The van der Waals surface area contributed by atoms with E-state index in [1.807, 2.05) is 0 Å². The molecule has 2 saturated carbocycles. The van der Waals surface area contributed by atoms with Crippen LogP contribution in [0.1, 0.15) is 64.7 Å². The van der Waals surface area contributed by atoms with Crippen molar-refractivity contribution < 1.29 is 13.5 Å². The lowest BCUT2D eigenvalue weighted by Gasteiger charge is -2.39. The first-order valence-electron chi connectivity index (χ1n) is 9.60. The second-order valence-electron chi connectivity index (χ2n) is 8.18. The fraction of sp³-hybridized carbons (Fsp3) is 0.900. The summed E-state index contributed by atoms with van der Waals surface area (Å²) in [5, 5.41) is 0. The zero-order valence-corrected chi connectivity index (χ0v) is 14.6. The van der Waals surface area contributed by atoms with Gasteiger partial charge in [-0.2, -0.15) is 0 Å². The summed E-state index contributed by atoms with van der Waals surface area (Å²) in [5.41, 5.74) is 1.19. The highest BCUT2D eigenvalue weighted by atomic mass is 19.2. The number of allylic oxidation sites excluding steroid dienone is 2. The Kier molecular flexibility index (Phi) is 5.77. The quantitative estimate of drug-likeness (QED) is 0.610. The average molecular weight is 326 g/mol. The fourth-order valence-corrected chi connectivity index (χ4v) is 5.12. The fourth-order valence-electron chi connectivity index (χ4n) is 5.12. The highest BCUT2D eigenvalue weighted by molar-refractivity contribution is 5.15. The number of ether oxygens (including phenoxy) is 1. The summed E-state index contributed by atoms with van der Waals surface area (Å²) in [6.45, 7) is 2.36. The molecular weight excluding hydrogens is 294 g/mol. The van der Waals surface area contributed by atoms with Crippen LogP contribution in [0.4, 0.5) is 8.78 Å². The van der Waals surface area contributed by atoms with Crippen LogP contribution in [0.2, 0.25) is 0 Å². The van der Waals surface area contributed by atoms with E-state index in [0.29, 0.717) is 6.42 Å². The largest absolute Gasteiger partial charge is 0.378 e. The Hall–Kier alpha value is -0.440. The van der Waals surface area contributed by atoms with Gasteiger partial charge in [0.2, 0.25) is 0 Å². The minimum absolute atomic E-state index is 0.205. The Morgan fingerprint density at radius 1 is 0.913 bits per heavy atom. The molecule has 3 aliphatic carbocycles. The molecule has 0 heterocycles. The van der Waals surface area contributed by atoms with Crippen LogP contribution in [0.5, 0.6) is 0 Å². The lowest BCUT2D eigenvalue weighted by atomic mass is 9.69. The lowest BCUT2D eigenvalue weighted by molar-refractivity contribution is -0.0498. The van der Waals surface area contributed by atoms with Crippen molar-refractivity contribution in [3.63, 3.8) is 0 Å². The first-order chi connectivity index (χ1) is 11.1. The van der Waals surface area contributed by atoms with Crippen molar-refractivity contribution in [1.82, 2.24) is 0 Å². The standard InChI is InChI=1S/C20H32F2O/c1-13-3-5-14(6-4-13)15-7-9-16(10-8-15)17-11-12-18(23-2)20(22)19(17)21/h9,13-15,17-20H,3-8,10-12H2,1-2H3/t13?,14?,15-,17?,18?,19?,20?/m1/s1. The van der Waals surface area contributed by atoms with Crippen LogP contribution in [0, 0.1) is 23.7 Å². The van der Waals surface area contributed by atoms with Gasteiger partial charge in [-0.25, -0.2) is 8.78 Å². The van der Waals surface area contributed by atoms with Gasteiger partial charge in [-0.15, -0.1) is 0 Å². The Morgan fingerprint density at radius 2 is 1.65 bits per heavy atom. The first-order valence-corrected chi connectivity index (χ1v) is 9.60. The minimum atomic E-state index is -1.46. The average Bonchev–Trinajstić information content (AvgIpc) is 2.58. The van der Waals surface area contributed by atoms with Crippen LogP contribution in [0.25, 0.3) is 0 Å². The van der Waals surface area contributed by atoms with E-state index in [9.17, 15) is 8.78 Å². The summed E-state index contributed by atoms with van der Waals surface area (Å²) in [7, 11) is 1.49. The van der Waals surface area contributed by atoms with Gasteiger partial charge in [-0.05, 0) is 62.7 Å². The third-order valence-electron chi connectivity index (χ3n) is 6.80. The summed E-state index contributed by atoms with van der Waals surface area (Å²) in [6, 6.07) is 0. The molecule has 132 valence electrons. The van der Waals surface area contributed by atoms with Crippen LogP contribution in [0.3, 0.4) is 0 Å². The Labute approximate surface area is 139 Å². The molecule has 3 aliphatic rings. The van der Waals surface area contributed by atoms with Crippen molar-refractivity contribution in [3.8, 4) is 0 Å². The molecule has 0 amide bonds. The Bertz CT molecular complexity index is 414. The number of alkyl halides is 2. The van der Waals surface area contributed by atoms with E-state index in [1.165, 1.54) is 44.8 Å². The maximum atomic E-state index is 14.5. The molecule has 0 N–H and O–H groups in total. The Morgan fingerprint density at radius 3 is 2.26 bits per heavy atom. The SMILES string of the molecule is COC1CCC(C2=CC[C@@H](C3CCC(C)CC3)CC2)C(F)C1F. The number of halogens is 2. The van der Waals surface area contributed by atoms with E-state index >= 15 is 0 Å². The molecule has 0 bridgehead atoms. The number of hydrogen-bond acceptors (Lipinski definition) is 1. The van der Waals surface area contributed by atoms with Crippen LogP contribution < -0.4 is 0 Å². The second kappa shape index (κ2) is 7.63. The number of rotatable bonds is 3. The molecule has 5 atom stereocenters. The molecule has 4 unspecified atom stereocenters. The molecule has 0 aliphatic heterocycles. The van der Waals surface area contributed by atoms with Crippen molar-refractivity contribution >= 4 is 0 Å². The van der Waals surface area contributed by atoms with Crippen molar-refractivity contribution in [2.24, 2.45) is 23.7 Å². The number of methoxy groups -OCH3 is 1. The van der Waals surface area contributed by atoms with Crippen molar-refractivity contribution in [3.05, 3.63) is 11.6 Å². The Balaban J connectivity index is 1.56. The van der Waals surface area contributed by atoms with Crippen LogP contribution in [0.15, 0.2) is 11.6 Å². The van der Waals surface area contributed by atoms with Crippen molar-refractivity contribution in [2.45, 2.75) is 83.2 Å². The predicted octanol–water partition coefficient (Wildman–Crippen LogP) is 5.64. The lowest BCUT2D eigenvalue weighted by Crippen LogP contribution is -2.43. The van der Waals surface area contributed by atoms with Crippen molar-refractivity contribution in [1.29, 1.82) is 0 Å². The maximum Gasteiger partial charge on any atom is 0.158 e. The summed E-state index contributed by atoms with van der Waals surface area (Å²) in [4.78, 5) is 0. The van der Waals surface area contributed by atoms with Gasteiger partial charge < -0.3 is 4.74 Å². The second-order valence-corrected chi connectivity index (χ2v) is 8.18. The van der Waals surface area contributed by atoms with E-state index in [2.05, 4.69) is 13.0 Å². The zero-order chi connectivity index (χ0) is 16.4. The third-order valence-corrected chi connectivity index (χ3v) is 6.80. The molecule has 0 aromatic rings. The molecule has 0 spiro atoms. The molecule has 0 aromatic heterocycles. The molecule has 23 heavy (non-hydrogen) atoms. The smallest absolute Gasteiger partial charge is 0.158 e. The van der Waals surface area contributed by atoms with Gasteiger partial charge in [-0.3, -0.25) is 0 Å². The van der Waals surface area contributed by atoms with Crippen LogP contribution in [-0.4, -0.2) is 25.6 Å². The van der Waals surface area contributed by atoms with Gasteiger partial charge >= 0.3 is 0 Å². The van der Waals surface area contributed by atoms with E-state index in [4.69, 9.17) is 4.74 Å². The van der Waals surface area contributed by atoms with Crippen LogP contribution >= 0.6 is 0 Å². The van der Waals surface area contributed by atoms with Gasteiger partial charge in [0.1, 0.15) is 6.17 Å². The maximum absolute atomic E-state index is 14.5. The van der Waals surface area contributed by atoms with Gasteiger partial charge in [0.15, 0.2) is 6.17 Å². The summed E-state index contributed by atoms with van der Waals surface area (Å²) in [5.74, 6) is 2.33. The molecule has 1 nitrogen and oxygen atoms in total. The molecule has 3 rings (SSSR count). The molecule has 0 aromatic carbocycles. The number of hydrogen-bond donors (Lipinski definition) is 0. The normalized spacial score (nSPS) is 45.6. The molecule has 0 saturated heterocycles. The topological polar surface area (TPSA) is 9.23 Å². The van der Waals surface area contributed by atoms with Gasteiger partial charge in [-0.1, -0.05) is 31.4 Å². The predicted molar refractivity (Wildman–Crippen MR) is 89.9 cm³/mol. The zero-order valence-electron chi connectivity index (χ0n) is 14.6. The van der Waals surface area contributed by atoms with Crippen LogP contribution in [-0.2, 0) is 4.74 Å².